The third-order valence-electron chi connectivity index (χ3n) is 10.9. The number of benzene rings is 5. The molecule has 16 heteroatoms. The predicted octanol–water partition coefficient (Wildman–Crippen LogP) is 6.56. The first-order chi connectivity index (χ1) is 31.9. The number of fused-ring (bicyclic) bond motifs is 6. The SMILES string of the molecule is CCC(=O)NCCN1C(=CC2=C([O-])C(=Cc3sc4ccccc4[n+]3CCC(=O)O)C2=O)Sc2ccccc21.[B]C(=C)OOCCN(C)c1ccc2c(c1)Oc1cc(=C)c3ccccc3c1=N2. The number of allylic oxidation sites excluding steroid dienone is 3. The van der Waals surface area contributed by atoms with Crippen molar-refractivity contribution >= 4 is 99.3 Å². The van der Waals surface area contributed by atoms with E-state index in [1.165, 1.54) is 23.1 Å². The molecule has 0 saturated heterocycles. The number of aliphatic carboxylic acids is 1. The van der Waals surface area contributed by atoms with Gasteiger partial charge in [-0.25, -0.2) is 4.99 Å². The zero-order valence-corrected chi connectivity index (χ0v) is 37.9. The van der Waals surface area contributed by atoms with E-state index in [-0.39, 0.29) is 47.2 Å². The molecule has 5 aromatic carbocycles. The molecular formula is C50H44BN5O8S2. The van der Waals surface area contributed by atoms with Gasteiger partial charge >= 0.3 is 5.97 Å². The van der Waals surface area contributed by atoms with E-state index in [0.717, 1.165) is 58.6 Å². The molecule has 13 nitrogen and oxygen atoms in total. The number of Topliss-reactive ketones (excluding diaryl/α,β-unsaturated/α-hetero) is 1. The number of rotatable bonds is 15. The molecule has 9 rings (SSSR count). The third kappa shape index (κ3) is 9.76. The first-order valence-corrected chi connectivity index (χ1v) is 22.7. The molecule has 0 bridgehead atoms. The number of likely N-dealkylation sites (N-methyl/N-ethyl adjacent to an activating group) is 1. The van der Waals surface area contributed by atoms with Crippen LogP contribution in [0.1, 0.15) is 24.8 Å². The topological polar surface area (TPSA) is 157 Å². The van der Waals surface area contributed by atoms with Gasteiger partial charge in [-0.3, -0.25) is 14.4 Å². The van der Waals surface area contributed by atoms with Crippen LogP contribution in [0.2, 0.25) is 0 Å². The number of nitrogens with zero attached hydrogens (tertiary/aromatic N) is 4. The molecule has 332 valence electrons. The van der Waals surface area contributed by atoms with Gasteiger partial charge in [0, 0.05) is 78.4 Å². The number of aryl methyl sites for hydroxylation is 1. The Morgan fingerprint density at radius 3 is 2.56 bits per heavy atom. The predicted molar refractivity (Wildman–Crippen MR) is 257 cm³/mol. The van der Waals surface area contributed by atoms with Gasteiger partial charge in [0.1, 0.15) is 28.8 Å². The quantitative estimate of drug-likeness (QED) is 0.0219. The number of carbonyl (C=O) groups is 3. The number of aromatic nitrogens is 1. The third-order valence-corrected chi connectivity index (χ3v) is 13.1. The number of nitrogens with one attached hydrogen (secondary N) is 1. The molecule has 0 atom stereocenters. The zero-order valence-electron chi connectivity index (χ0n) is 36.2. The second-order valence-electron chi connectivity index (χ2n) is 15.3. The van der Waals surface area contributed by atoms with Crippen LogP contribution < -0.4 is 40.1 Å². The minimum Gasteiger partial charge on any atom is -0.871 e. The molecule has 1 amide bonds. The van der Waals surface area contributed by atoms with Gasteiger partial charge in [-0.05, 0) is 53.1 Å². The van der Waals surface area contributed by atoms with Crippen molar-refractivity contribution in [2.45, 2.75) is 31.2 Å². The van der Waals surface area contributed by atoms with Gasteiger partial charge in [0.25, 0.3) is 5.01 Å². The van der Waals surface area contributed by atoms with Crippen molar-refractivity contribution in [1.29, 1.82) is 0 Å². The van der Waals surface area contributed by atoms with Crippen LogP contribution in [0.4, 0.5) is 17.1 Å². The monoisotopic (exact) mass is 917 g/mol. The lowest BCUT2D eigenvalue weighted by Crippen LogP contribution is -2.37. The fourth-order valence-electron chi connectivity index (χ4n) is 7.54. The summed E-state index contributed by atoms with van der Waals surface area (Å²) in [6.45, 7) is 11.5. The summed E-state index contributed by atoms with van der Waals surface area (Å²) in [5, 5.41) is 30.5. The maximum absolute atomic E-state index is 13.1. The van der Waals surface area contributed by atoms with Gasteiger partial charge in [0.15, 0.2) is 31.7 Å². The van der Waals surface area contributed by atoms with Gasteiger partial charge in [0.2, 0.25) is 11.4 Å². The molecule has 0 fully saturated rings. The van der Waals surface area contributed by atoms with Crippen molar-refractivity contribution in [2.75, 3.05) is 43.1 Å². The fourth-order valence-corrected chi connectivity index (χ4v) is 9.80. The van der Waals surface area contributed by atoms with Crippen molar-refractivity contribution < 1.29 is 43.7 Å². The van der Waals surface area contributed by atoms with E-state index in [2.05, 4.69) is 18.5 Å². The Hall–Kier alpha value is -7.14. The van der Waals surface area contributed by atoms with Gasteiger partial charge < -0.3 is 35.0 Å². The summed E-state index contributed by atoms with van der Waals surface area (Å²) in [7, 11) is 7.25. The van der Waals surface area contributed by atoms with Gasteiger partial charge in [0.05, 0.1) is 16.4 Å². The number of ether oxygens (including phenoxy) is 1. The van der Waals surface area contributed by atoms with Crippen LogP contribution >= 0.6 is 23.1 Å². The van der Waals surface area contributed by atoms with Crippen LogP contribution in [0.15, 0.2) is 147 Å². The Morgan fingerprint density at radius 1 is 1.03 bits per heavy atom. The lowest BCUT2D eigenvalue weighted by Gasteiger charge is -2.29. The van der Waals surface area contributed by atoms with Crippen molar-refractivity contribution in [3.63, 3.8) is 0 Å². The lowest BCUT2D eigenvalue weighted by atomic mass is 9.88. The molecule has 0 spiro atoms. The highest BCUT2D eigenvalue weighted by atomic mass is 32.2. The molecule has 0 saturated carbocycles. The molecule has 66 heavy (non-hydrogen) atoms. The van der Waals surface area contributed by atoms with E-state index < -0.39 is 5.97 Å². The highest BCUT2D eigenvalue weighted by Crippen LogP contribution is 2.47. The Bertz CT molecular complexity index is 3150. The summed E-state index contributed by atoms with van der Waals surface area (Å²) in [5.74, 6) is -0.196. The summed E-state index contributed by atoms with van der Waals surface area (Å²) in [6.07, 6.45) is 3.55. The number of thiazole rings is 1. The van der Waals surface area contributed by atoms with Crippen LogP contribution in [-0.4, -0.2) is 63.9 Å². The van der Waals surface area contributed by atoms with Crippen molar-refractivity contribution in [3.05, 3.63) is 153 Å². The molecule has 3 heterocycles. The van der Waals surface area contributed by atoms with Gasteiger partial charge in [-0.15, -0.1) is 0 Å². The minimum atomic E-state index is -0.918. The van der Waals surface area contributed by atoms with E-state index in [0.29, 0.717) is 49.2 Å². The number of amides is 1. The minimum absolute atomic E-state index is 0.0300. The summed E-state index contributed by atoms with van der Waals surface area (Å²) >= 11 is 2.90. The molecule has 2 aliphatic heterocycles. The first-order valence-electron chi connectivity index (χ1n) is 21.1. The number of carbonyl (C=O) groups excluding carboxylic acids is 2. The maximum Gasteiger partial charge on any atom is 0.309 e. The smallest absolute Gasteiger partial charge is 0.309 e. The lowest BCUT2D eigenvalue weighted by molar-refractivity contribution is -0.667. The Balaban J connectivity index is 0.000000188. The standard InChI is InChI=1S/C28H25N3O5S2.C22H19BN2O3/c1-2-23(32)29-12-14-31-20-8-4-6-10-22(20)38-25(31)16-18-27(35)17(28(18)36)15-24-30(13-11-26(33)34)19-7-3-5-9-21(19)37-24;1-14-12-21-22(18-7-5-4-6-17(14)18)24-19-9-8-16(13-20(19)27-21)25(3)10-11-26-28-15(2)23/h3-10,15-16H,2,11-14H2,1H3,(H2-,29,32,33,34,35,36);4-9,12-13H,1-2,10-11H2,3H3. The molecule has 3 aliphatic rings. The fraction of sp³-hybridized carbons (Fsp3) is 0.180. The summed E-state index contributed by atoms with van der Waals surface area (Å²) in [6, 6.07) is 31.4. The van der Waals surface area contributed by atoms with Crippen LogP contribution in [0, 0.1) is 0 Å². The number of carboxylic acid groups (broad SMARTS) is 1. The van der Waals surface area contributed by atoms with E-state index in [4.69, 9.17) is 27.4 Å². The van der Waals surface area contributed by atoms with E-state index >= 15 is 0 Å². The summed E-state index contributed by atoms with van der Waals surface area (Å²) in [5.41, 5.74) is 3.84. The number of hydrogen-bond acceptors (Lipinski definition) is 12. The number of anilines is 2. The van der Waals surface area contributed by atoms with Crippen LogP contribution in [0.25, 0.3) is 33.6 Å². The average Bonchev–Trinajstić information content (AvgIpc) is 3.86. The highest BCUT2D eigenvalue weighted by molar-refractivity contribution is 8.03. The second kappa shape index (κ2) is 19.9. The normalized spacial score (nSPS) is 14.7. The van der Waals surface area contributed by atoms with Crippen LogP contribution in [-0.2, 0) is 30.7 Å². The Labute approximate surface area is 390 Å². The molecule has 1 aliphatic carbocycles. The number of carboxylic acids is 1. The van der Waals surface area contributed by atoms with Gasteiger partial charge in [-0.2, -0.15) is 9.45 Å². The van der Waals surface area contributed by atoms with E-state index in [1.54, 1.807) is 19.1 Å². The van der Waals surface area contributed by atoms with Crippen LogP contribution in [0.3, 0.4) is 0 Å². The molecule has 2 radical (unpaired) electrons. The van der Waals surface area contributed by atoms with Crippen LogP contribution in [0.5, 0.6) is 11.5 Å². The average molecular weight is 918 g/mol. The highest BCUT2D eigenvalue weighted by Gasteiger charge is 2.32. The number of hydrogen-bond donors (Lipinski definition) is 2. The molecule has 2 N–H and O–H groups in total. The molecule has 6 aromatic rings. The largest absolute Gasteiger partial charge is 0.871 e. The van der Waals surface area contributed by atoms with Crippen molar-refractivity contribution in [3.8, 4) is 11.5 Å². The number of thioether (sulfide) groups is 1. The summed E-state index contributed by atoms with van der Waals surface area (Å²) in [4.78, 5) is 55.6. The first kappa shape index (κ1) is 45.4. The molecular weight excluding hydrogens is 874 g/mol. The van der Waals surface area contributed by atoms with Crippen molar-refractivity contribution in [1.82, 2.24) is 5.32 Å². The second-order valence-corrected chi connectivity index (χ2v) is 17.5. The molecule has 1 aromatic heterocycles. The van der Waals surface area contributed by atoms with E-state index in [1.807, 2.05) is 118 Å². The van der Waals surface area contributed by atoms with Gasteiger partial charge in [-0.1, -0.05) is 97.5 Å². The molecule has 0 unspecified atom stereocenters. The number of para-hydroxylation sites is 2. The van der Waals surface area contributed by atoms with Crippen molar-refractivity contribution in [2.24, 2.45) is 4.99 Å². The Morgan fingerprint density at radius 2 is 1.79 bits per heavy atom. The maximum atomic E-state index is 13.1. The Kier molecular flexibility index (Phi) is 13.7. The zero-order chi connectivity index (χ0) is 46.5. The van der Waals surface area contributed by atoms with E-state index in [9.17, 15) is 24.6 Å². The number of ketones is 1. The summed E-state index contributed by atoms with van der Waals surface area (Å²) < 4.78 is 8.96.